The third-order valence-corrected chi connectivity index (χ3v) is 7.79. The van der Waals surface area contributed by atoms with Crippen molar-refractivity contribution in [3.05, 3.63) is 41.6 Å². The number of carbonyl (C=O) groups excluding carboxylic acids is 2. The number of benzene rings is 1. The van der Waals surface area contributed by atoms with Crippen molar-refractivity contribution >= 4 is 29.3 Å². The summed E-state index contributed by atoms with van der Waals surface area (Å²) in [6, 6.07) is 6.54. The minimum absolute atomic E-state index is 0.0186. The maximum Gasteiger partial charge on any atom is 0.421 e. The fourth-order valence-corrected chi connectivity index (χ4v) is 5.30. The molecule has 13 heteroatoms. The van der Waals surface area contributed by atoms with E-state index >= 15 is 0 Å². The van der Waals surface area contributed by atoms with E-state index < -0.39 is 11.7 Å². The van der Waals surface area contributed by atoms with Gasteiger partial charge >= 0.3 is 6.18 Å². The molecule has 2 amide bonds. The highest BCUT2D eigenvalue weighted by atomic mass is 19.4. The van der Waals surface area contributed by atoms with Gasteiger partial charge in [-0.05, 0) is 76.5 Å². The van der Waals surface area contributed by atoms with Crippen LogP contribution in [-0.2, 0) is 15.7 Å². The summed E-state index contributed by atoms with van der Waals surface area (Å²) in [5, 5.41) is 8.61. The molecule has 1 saturated carbocycles. The van der Waals surface area contributed by atoms with Crippen molar-refractivity contribution in [1.29, 1.82) is 0 Å². The summed E-state index contributed by atoms with van der Waals surface area (Å²) in [5.41, 5.74) is 0.0755. The van der Waals surface area contributed by atoms with Gasteiger partial charge in [0.1, 0.15) is 11.4 Å². The first-order chi connectivity index (χ1) is 19.5. The molecular weight excluding hydrogens is 539 g/mol. The average molecular weight is 578 g/mol. The van der Waals surface area contributed by atoms with Crippen LogP contribution in [0.15, 0.2) is 30.5 Å². The Hall–Kier alpha value is -3.45. The monoisotopic (exact) mass is 577 g/mol. The van der Waals surface area contributed by atoms with Gasteiger partial charge in [-0.3, -0.25) is 9.59 Å². The molecule has 0 unspecified atom stereocenters. The molecule has 1 aliphatic heterocycles. The molecule has 2 fully saturated rings. The lowest BCUT2D eigenvalue weighted by molar-refractivity contribution is -0.137. The number of aromatic nitrogens is 2. The van der Waals surface area contributed by atoms with Crippen LogP contribution in [0.2, 0.25) is 0 Å². The number of carbonyl (C=O) groups is 2. The van der Waals surface area contributed by atoms with E-state index in [1.54, 1.807) is 29.2 Å². The van der Waals surface area contributed by atoms with Gasteiger partial charge < -0.3 is 30.5 Å². The molecule has 0 spiro atoms. The second-order valence-electron chi connectivity index (χ2n) is 10.7. The smallest absolute Gasteiger partial charge is 0.383 e. The summed E-state index contributed by atoms with van der Waals surface area (Å²) in [7, 11) is 5.42. The van der Waals surface area contributed by atoms with Gasteiger partial charge in [0.05, 0.1) is 6.61 Å². The first-order valence-electron chi connectivity index (χ1n) is 13.9. The van der Waals surface area contributed by atoms with Crippen LogP contribution in [0.4, 0.5) is 30.6 Å². The van der Waals surface area contributed by atoms with Gasteiger partial charge in [-0.15, -0.1) is 0 Å². The summed E-state index contributed by atoms with van der Waals surface area (Å²) in [6.45, 7) is 2.66. The Balaban J connectivity index is 1.40. The van der Waals surface area contributed by atoms with Crippen molar-refractivity contribution < 1.29 is 27.5 Å². The highest BCUT2D eigenvalue weighted by Crippen LogP contribution is 2.36. The number of likely N-dealkylation sites (tertiary alicyclic amines) is 1. The van der Waals surface area contributed by atoms with Gasteiger partial charge in [0.2, 0.25) is 11.9 Å². The number of methoxy groups -OCH3 is 1. The molecule has 2 aromatic rings. The maximum absolute atomic E-state index is 13.7. The van der Waals surface area contributed by atoms with E-state index in [1.165, 1.54) is 7.11 Å². The highest BCUT2D eigenvalue weighted by Gasteiger charge is 2.37. The van der Waals surface area contributed by atoms with Crippen LogP contribution in [0.1, 0.15) is 48.0 Å². The van der Waals surface area contributed by atoms with Crippen LogP contribution in [0, 0.1) is 5.92 Å². The van der Waals surface area contributed by atoms with E-state index in [9.17, 15) is 22.8 Å². The number of nitrogens with one attached hydrogen (secondary N) is 3. The van der Waals surface area contributed by atoms with Crippen LogP contribution >= 0.6 is 0 Å². The van der Waals surface area contributed by atoms with E-state index in [0.29, 0.717) is 43.7 Å². The molecule has 2 heterocycles. The predicted octanol–water partition coefficient (Wildman–Crippen LogP) is 3.75. The number of nitrogens with zero attached hydrogens (tertiary/aromatic N) is 4. The van der Waals surface area contributed by atoms with Gasteiger partial charge in [-0.1, -0.05) is 0 Å². The number of ether oxygens (including phenoxy) is 1. The number of amides is 2. The largest absolute Gasteiger partial charge is 0.421 e. The summed E-state index contributed by atoms with van der Waals surface area (Å²) >= 11 is 0. The Bertz CT molecular complexity index is 1190. The fourth-order valence-electron chi connectivity index (χ4n) is 5.30. The lowest BCUT2D eigenvalue weighted by atomic mass is 10.0. The minimum Gasteiger partial charge on any atom is -0.383 e. The van der Waals surface area contributed by atoms with Gasteiger partial charge in [0, 0.05) is 56.2 Å². The van der Waals surface area contributed by atoms with Crippen molar-refractivity contribution in [3.8, 4) is 0 Å². The van der Waals surface area contributed by atoms with Crippen LogP contribution in [-0.4, -0.2) is 91.1 Å². The standard InChI is InChI=1S/C28H38F3N7O3/c1-37-13-10-22(11-14-37)38(2)26(40)18-4-7-20(8-5-18)35-27-33-17-23(28(29,30)31)24(36-27)34-21-9-6-19(16-21)25(39)32-12-15-41-3/h4-5,7-8,17,19,21-22H,6,9-16H2,1-3H3,(H,32,39)(H2,33,34,35,36)/t19-,21+/m0/s1. The Morgan fingerprint density at radius 2 is 1.83 bits per heavy atom. The topological polar surface area (TPSA) is 112 Å². The third-order valence-electron chi connectivity index (χ3n) is 7.79. The van der Waals surface area contributed by atoms with E-state index in [4.69, 9.17) is 4.74 Å². The van der Waals surface area contributed by atoms with Crippen LogP contribution in [0.3, 0.4) is 0 Å². The van der Waals surface area contributed by atoms with Gasteiger partial charge in [0.25, 0.3) is 5.91 Å². The summed E-state index contributed by atoms with van der Waals surface area (Å²) < 4.78 is 46.2. The molecule has 1 aromatic heterocycles. The summed E-state index contributed by atoms with van der Waals surface area (Å²) in [4.78, 5) is 37.4. The molecule has 2 atom stereocenters. The van der Waals surface area contributed by atoms with Crippen molar-refractivity contribution in [2.24, 2.45) is 5.92 Å². The molecule has 0 radical (unpaired) electrons. The SMILES string of the molecule is COCCNC(=O)[C@H]1CC[C@@H](Nc2nc(Nc3ccc(C(=O)N(C)C4CCN(C)CC4)cc3)ncc2C(F)(F)F)C1. The van der Waals surface area contributed by atoms with Crippen molar-refractivity contribution in [2.75, 3.05) is 58.1 Å². The molecule has 1 saturated heterocycles. The van der Waals surface area contributed by atoms with Gasteiger partial charge in [-0.2, -0.15) is 18.2 Å². The Kier molecular flexibility index (Phi) is 10.0. The lowest BCUT2D eigenvalue weighted by Crippen LogP contribution is -2.44. The number of alkyl halides is 3. The van der Waals surface area contributed by atoms with E-state index in [2.05, 4.69) is 37.9 Å². The molecule has 3 N–H and O–H groups in total. The number of piperidine rings is 1. The molecule has 0 bridgehead atoms. The fraction of sp³-hybridized carbons (Fsp3) is 0.571. The maximum atomic E-state index is 13.7. The van der Waals surface area contributed by atoms with Crippen LogP contribution in [0.5, 0.6) is 0 Å². The quantitative estimate of drug-likeness (QED) is 0.366. The first-order valence-corrected chi connectivity index (χ1v) is 13.9. The molecule has 1 aliphatic carbocycles. The molecule has 10 nitrogen and oxygen atoms in total. The zero-order chi connectivity index (χ0) is 29.6. The zero-order valence-electron chi connectivity index (χ0n) is 23.6. The zero-order valence-corrected chi connectivity index (χ0v) is 23.6. The third kappa shape index (κ3) is 8.07. The van der Waals surface area contributed by atoms with Crippen LogP contribution < -0.4 is 16.0 Å². The Morgan fingerprint density at radius 3 is 2.49 bits per heavy atom. The molecule has 41 heavy (non-hydrogen) atoms. The predicted molar refractivity (Wildman–Crippen MR) is 149 cm³/mol. The van der Waals surface area contributed by atoms with Gasteiger partial charge in [0.15, 0.2) is 0 Å². The average Bonchev–Trinajstić information content (AvgIpc) is 3.41. The molecule has 4 rings (SSSR count). The Morgan fingerprint density at radius 1 is 1.12 bits per heavy atom. The van der Waals surface area contributed by atoms with Crippen molar-refractivity contribution in [1.82, 2.24) is 25.1 Å². The first kappa shape index (κ1) is 30.5. The number of hydrogen-bond donors (Lipinski definition) is 3. The van der Waals surface area contributed by atoms with Crippen molar-refractivity contribution in [2.45, 2.75) is 50.4 Å². The number of hydrogen-bond acceptors (Lipinski definition) is 8. The summed E-state index contributed by atoms with van der Waals surface area (Å²) in [6.07, 6.45) is -0.579. The second kappa shape index (κ2) is 13.5. The van der Waals surface area contributed by atoms with Crippen molar-refractivity contribution in [3.63, 3.8) is 0 Å². The number of halogens is 3. The molecule has 2 aliphatic rings. The number of rotatable bonds is 10. The Labute approximate surface area is 238 Å². The van der Waals surface area contributed by atoms with Gasteiger partial charge in [-0.25, -0.2) is 4.98 Å². The lowest BCUT2D eigenvalue weighted by Gasteiger charge is -2.35. The number of anilines is 3. The second-order valence-corrected chi connectivity index (χ2v) is 10.7. The normalized spacial score (nSPS) is 20.0. The molecular formula is C28H38F3N7O3. The van der Waals surface area contributed by atoms with E-state index in [-0.39, 0.29) is 41.6 Å². The minimum atomic E-state index is -4.65. The highest BCUT2D eigenvalue weighted by molar-refractivity contribution is 5.94. The van der Waals surface area contributed by atoms with E-state index in [0.717, 1.165) is 32.1 Å². The van der Waals surface area contributed by atoms with Crippen LogP contribution in [0.25, 0.3) is 0 Å². The molecule has 1 aromatic carbocycles. The molecule has 224 valence electrons. The summed E-state index contributed by atoms with van der Waals surface area (Å²) in [5.74, 6) is -0.864. The van der Waals surface area contributed by atoms with E-state index in [1.807, 2.05) is 7.05 Å².